The van der Waals surface area contributed by atoms with E-state index in [2.05, 4.69) is 29.9 Å². The fourth-order valence-corrected chi connectivity index (χ4v) is 1.72. The van der Waals surface area contributed by atoms with E-state index < -0.39 is 0 Å². The Kier molecular flexibility index (Phi) is 1.81. The molecule has 0 bridgehead atoms. The van der Waals surface area contributed by atoms with E-state index in [9.17, 15) is 0 Å². The lowest BCUT2D eigenvalue weighted by Crippen LogP contribution is -1.90. The van der Waals surface area contributed by atoms with Gasteiger partial charge in [-0.05, 0) is 12.0 Å². The molecule has 0 aliphatic heterocycles. The third-order valence-corrected chi connectivity index (χ3v) is 2.61. The number of thiazole rings is 1. The lowest BCUT2D eigenvalue weighted by Gasteiger charge is -2.01. The van der Waals surface area contributed by atoms with Crippen LogP contribution in [0.3, 0.4) is 0 Å². The predicted octanol–water partition coefficient (Wildman–Crippen LogP) is 2.81. The van der Waals surface area contributed by atoms with E-state index in [1.807, 2.05) is 11.7 Å². The van der Waals surface area contributed by atoms with Gasteiger partial charge in [0.2, 0.25) is 0 Å². The van der Waals surface area contributed by atoms with Crippen LogP contribution in [0.2, 0.25) is 0 Å². The summed E-state index contributed by atoms with van der Waals surface area (Å²) in [5.74, 6) is 0.482. The molecule has 2 nitrogen and oxygen atoms in total. The quantitative estimate of drug-likeness (QED) is 0.671. The molecule has 2 heterocycles. The summed E-state index contributed by atoms with van der Waals surface area (Å²) in [6.45, 7) is 4.28. The van der Waals surface area contributed by atoms with Crippen LogP contribution >= 0.6 is 11.3 Å². The topological polar surface area (TPSA) is 25.8 Å². The molecule has 2 rings (SSSR count). The van der Waals surface area contributed by atoms with Crippen LogP contribution in [-0.4, -0.2) is 9.97 Å². The molecule has 0 N–H and O–H groups in total. The van der Waals surface area contributed by atoms with Gasteiger partial charge in [0.25, 0.3) is 0 Å². The van der Waals surface area contributed by atoms with Crippen molar-refractivity contribution in [3.8, 4) is 0 Å². The average molecular weight is 178 g/mol. The van der Waals surface area contributed by atoms with Gasteiger partial charge in [-0.3, -0.25) is 4.98 Å². The molecule has 2 aromatic rings. The first-order valence-corrected chi connectivity index (χ1v) is 4.84. The van der Waals surface area contributed by atoms with Gasteiger partial charge in [0.1, 0.15) is 0 Å². The highest BCUT2D eigenvalue weighted by Gasteiger charge is 2.02. The molecule has 0 saturated heterocycles. The molecule has 3 heteroatoms. The molecule has 0 fully saturated rings. The SMILES string of the molecule is CC(C)c1cc2ncsc2cn1. The highest BCUT2D eigenvalue weighted by Crippen LogP contribution is 2.20. The molecule has 0 saturated carbocycles. The normalized spacial score (nSPS) is 11.2. The van der Waals surface area contributed by atoms with Gasteiger partial charge < -0.3 is 0 Å². The number of nitrogens with zero attached hydrogens (tertiary/aromatic N) is 2. The summed E-state index contributed by atoms with van der Waals surface area (Å²) in [5, 5.41) is 0. The molecule has 12 heavy (non-hydrogen) atoms. The zero-order valence-electron chi connectivity index (χ0n) is 7.11. The lowest BCUT2D eigenvalue weighted by atomic mass is 10.1. The van der Waals surface area contributed by atoms with E-state index in [4.69, 9.17) is 0 Å². The van der Waals surface area contributed by atoms with Crippen molar-refractivity contribution in [3.63, 3.8) is 0 Å². The zero-order valence-corrected chi connectivity index (χ0v) is 7.93. The Labute approximate surface area is 75.3 Å². The number of aromatic nitrogens is 2. The van der Waals surface area contributed by atoms with Crippen LogP contribution in [0.15, 0.2) is 17.8 Å². The van der Waals surface area contributed by atoms with E-state index >= 15 is 0 Å². The van der Waals surface area contributed by atoms with Crippen LogP contribution in [0.4, 0.5) is 0 Å². The predicted molar refractivity (Wildman–Crippen MR) is 51.5 cm³/mol. The van der Waals surface area contributed by atoms with Crippen molar-refractivity contribution >= 4 is 21.6 Å². The third-order valence-electron chi connectivity index (χ3n) is 1.83. The highest BCUT2D eigenvalue weighted by atomic mass is 32.1. The Hall–Kier alpha value is -0.960. The van der Waals surface area contributed by atoms with E-state index in [0.717, 1.165) is 11.2 Å². The first-order valence-electron chi connectivity index (χ1n) is 3.96. The van der Waals surface area contributed by atoms with Crippen molar-refractivity contribution in [3.05, 3.63) is 23.5 Å². The van der Waals surface area contributed by atoms with E-state index in [1.54, 1.807) is 11.3 Å². The molecule has 0 unspecified atom stereocenters. The molecule has 0 aliphatic rings. The summed E-state index contributed by atoms with van der Waals surface area (Å²) in [5.41, 5.74) is 4.04. The Morgan fingerprint density at radius 2 is 2.17 bits per heavy atom. The number of pyridine rings is 1. The molecule has 0 amide bonds. The first-order chi connectivity index (χ1) is 5.77. The lowest BCUT2D eigenvalue weighted by molar-refractivity contribution is 0.826. The Morgan fingerprint density at radius 1 is 1.33 bits per heavy atom. The standard InChI is InChI=1S/C9H10N2S/c1-6(2)7-3-8-9(4-10-7)12-5-11-8/h3-6H,1-2H3. The van der Waals surface area contributed by atoms with Crippen molar-refractivity contribution in [1.82, 2.24) is 9.97 Å². The highest BCUT2D eigenvalue weighted by molar-refractivity contribution is 7.16. The smallest absolute Gasteiger partial charge is 0.0845 e. The van der Waals surface area contributed by atoms with Crippen molar-refractivity contribution in [2.24, 2.45) is 0 Å². The molecular formula is C9H10N2S. The summed E-state index contributed by atoms with van der Waals surface area (Å²) in [6, 6.07) is 2.07. The molecule has 0 atom stereocenters. The summed E-state index contributed by atoms with van der Waals surface area (Å²) in [7, 11) is 0. The molecule has 0 aliphatic carbocycles. The van der Waals surface area contributed by atoms with Gasteiger partial charge in [-0.25, -0.2) is 4.98 Å². The largest absolute Gasteiger partial charge is 0.259 e. The Morgan fingerprint density at radius 3 is 2.92 bits per heavy atom. The summed E-state index contributed by atoms with van der Waals surface area (Å²) >= 11 is 1.63. The maximum atomic E-state index is 4.35. The monoisotopic (exact) mass is 178 g/mol. The van der Waals surface area contributed by atoms with Crippen LogP contribution in [0, 0.1) is 0 Å². The van der Waals surface area contributed by atoms with Crippen molar-refractivity contribution in [2.75, 3.05) is 0 Å². The van der Waals surface area contributed by atoms with Gasteiger partial charge in [0.15, 0.2) is 0 Å². The van der Waals surface area contributed by atoms with Crippen LogP contribution in [-0.2, 0) is 0 Å². The first kappa shape index (κ1) is 7.68. The van der Waals surface area contributed by atoms with Gasteiger partial charge in [-0.2, -0.15) is 0 Å². The second-order valence-electron chi connectivity index (χ2n) is 3.08. The molecule has 2 aromatic heterocycles. The van der Waals surface area contributed by atoms with Crippen LogP contribution < -0.4 is 0 Å². The minimum absolute atomic E-state index is 0.482. The maximum absolute atomic E-state index is 4.35. The Bertz CT molecular complexity index is 392. The van der Waals surface area contributed by atoms with E-state index in [0.29, 0.717) is 5.92 Å². The zero-order chi connectivity index (χ0) is 8.55. The van der Waals surface area contributed by atoms with Gasteiger partial charge in [-0.15, -0.1) is 11.3 Å². The molecule has 0 radical (unpaired) electrons. The fourth-order valence-electron chi connectivity index (χ4n) is 1.10. The number of rotatable bonds is 1. The second kappa shape index (κ2) is 2.83. The number of fused-ring (bicyclic) bond motifs is 1. The number of hydrogen-bond acceptors (Lipinski definition) is 3. The minimum atomic E-state index is 0.482. The van der Waals surface area contributed by atoms with Crippen LogP contribution in [0.25, 0.3) is 10.2 Å². The van der Waals surface area contributed by atoms with E-state index in [-0.39, 0.29) is 0 Å². The van der Waals surface area contributed by atoms with Crippen molar-refractivity contribution in [1.29, 1.82) is 0 Å². The van der Waals surface area contributed by atoms with Crippen LogP contribution in [0.1, 0.15) is 25.5 Å². The molecule has 0 aromatic carbocycles. The summed E-state index contributed by atoms with van der Waals surface area (Å²) < 4.78 is 1.17. The maximum Gasteiger partial charge on any atom is 0.0845 e. The van der Waals surface area contributed by atoms with Crippen molar-refractivity contribution < 1.29 is 0 Å². The van der Waals surface area contributed by atoms with Gasteiger partial charge in [-0.1, -0.05) is 13.8 Å². The van der Waals surface area contributed by atoms with Gasteiger partial charge >= 0.3 is 0 Å². The second-order valence-corrected chi connectivity index (χ2v) is 3.97. The van der Waals surface area contributed by atoms with Gasteiger partial charge in [0, 0.05) is 11.9 Å². The van der Waals surface area contributed by atoms with Gasteiger partial charge in [0.05, 0.1) is 15.7 Å². The molecule has 0 spiro atoms. The van der Waals surface area contributed by atoms with Crippen LogP contribution in [0.5, 0.6) is 0 Å². The fraction of sp³-hybridized carbons (Fsp3) is 0.333. The summed E-state index contributed by atoms with van der Waals surface area (Å²) in [4.78, 5) is 8.59. The number of hydrogen-bond donors (Lipinski definition) is 0. The van der Waals surface area contributed by atoms with Crippen molar-refractivity contribution in [2.45, 2.75) is 19.8 Å². The third kappa shape index (κ3) is 1.20. The minimum Gasteiger partial charge on any atom is -0.259 e. The molecular weight excluding hydrogens is 168 g/mol. The Balaban J connectivity index is 2.60. The average Bonchev–Trinajstić information content (AvgIpc) is 2.49. The molecule has 62 valence electrons. The van der Waals surface area contributed by atoms with E-state index in [1.165, 1.54) is 4.70 Å². The summed E-state index contributed by atoms with van der Waals surface area (Å²) in [6.07, 6.45) is 1.91.